The zero-order chi connectivity index (χ0) is 24.6. The third-order valence-corrected chi connectivity index (χ3v) is 7.32. The molecular weight excluding hydrogens is 469 g/mol. The van der Waals surface area contributed by atoms with Crippen molar-refractivity contribution in [2.45, 2.75) is 38.3 Å². The number of aromatic nitrogens is 4. The van der Waals surface area contributed by atoms with Crippen molar-refractivity contribution >= 4 is 21.7 Å². The minimum absolute atomic E-state index is 0.0663. The Hall–Kier alpha value is -3.18. The number of halogens is 1. The van der Waals surface area contributed by atoms with Crippen molar-refractivity contribution in [3.05, 3.63) is 59.8 Å². The summed E-state index contributed by atoms with van der Waals surface area (Å²) in [5.41, 5.74) is 2.70. The number of nitrogens with one attached hydrogen (secondary N) is 1. The maximum absolute atomic E-state index is 14.7. The number of fused-ring (bicyclic) bond motifs is 1. The molecule has 1 atom stereocenters. The van der Waals surface area contributed by atoms with Crippen LogP contribution in [0.5, 0.6) is 0 Å². The van der Waals surface area contributed by atoms with E-state index in [1.807, 2.05) is 29.3 Å². The normalized spacial score (nSPS) is 19.0. The molecule has 5 rings (SSSR count). The number of hydrogen-bond acceptors (Lipinski definition) is 8. The summed E-state index contributed by atoms with van der Waals surface area (Å²) >= 11 is 0. The number of nitrogens with zero attached hydrogens (tertiary/aromatic N) is 6. The first-order valence-electron chi connectivity index (χ1n) is 11.7. The molecule has 1 N–H and O–H groups in total. The number of pyridine rings is 2. The maximum atomic E-state index is 14.7. The van der Waals surface area contributed by atoms with E-state index in [9.17, 15) is 12.8 Å². The first-order valence-corrected chi connectivity index (χ1v) is 13.6. The summed E-state index contributed by atoms with van der Waals surface area (Å²) in [6.07, 6.45) is 6.71. The molecule has 0 aliphatic carbocycles. The highest BCUT2D eigenvalue weighted by Gasteiger charge is 2.29. The van der Waals surface area contributed by atoms with Gasteiger partial charge >= 0.3 is 0 Å². The monoisotopic (exact) mass is 497 g/mol. The highest BCUT2D eigenvalue weighted by Crippen LogP contribution is 2.34. The average molecular weight is 498 g/mol. The van der Waals surface area contributed by atoms with Crippen LogP contribution in [-0.4, -0.2) is 60.3 Å². The molecule has 0 spiro atoms. The second kappa shape index (κ2) is 9.46. The standard InChI is InChI=1S/C24H28FN7O2S/c1-16-19-15-27-24(21-5-3-4-9-26-21)28-20(19)8-12-32(16)23-14-17(25)13-22(29-23)31-10-6-18(7-11-31)30-35(2,33)34/h3-5,9,13-16,18,30H,6-8,10-12H2,1-2H3. The van der Waals surface area contributed by atoms with Crippen LogP contribution in [0.15, 0.2) is 42.7 Å². The van der Waals surface area contributed by atoms with Crippen LogP contribution in [0.4, 0.5) is 16.0 Å². The van der Waals surface area contributed by atoms with E-state index >= 15 is 0 Å². The molecule has 184 valence electrons. The van der Waals surface area contributed by atoms with Crippen LogP contribution in [0.1, 0.15) is 37.1 Å². The van der Waals surface area contributed by atoms with Gasteiger partial charge < -0.3 is 9.80 Å². The third kappa shape index (κ3) is 5.25. The van der Waals surface area contributed by atoms with Gasteiger partial charge in [0.2, 0.25) is 10.0 Å². The van der Waals surface area contributed by atoms with Crippen LogP contribution in [0.25, 0.3) is 11.5 Å². The SMILES string of the molecule is CC1c2cnc(-c3ccccn3)nc2CCN1c1cc(F)cc(N2CCC(NS(C)(=O)=O)CC2)n1. The summed E-state index contributed by atoms with van der Waals surface area (Å²) in [6, 6.07) is 8.39. The quantitative estimate of drug-likeness (QED) is 0.574. The number of piperidine rings is 1. The molecule has 35 heavy (non-hydrogen) atoms. The van der Waals surface area contributed by atoms with Gasteiger partial charge in [-0.15, -0.1) is 0 Å². The third-order valence-electron chi connectivity index (χ3n) is 6.56. The molecule has 0 aromatic carbocycles. The highest BCUT2D eigenvalue weighted by molar-refractivity contribution is 7.88. The first kappa shape index (κ1) is 23.6. The van der Waals surface area contributed by atoms with Crippen molar-refractivity contribution in [2.24, 2.45) is 0 Å². The molecule has 1 unspecified atom stereocenters. The molecule has 11 heteroatoms. The van der Waals surface area contributed by atoms with E-state index in [-0.39, 0.29) is 17.9 Å². The van der Waals surface area contributed by atoms with Gasteiger partial charge in [0, 0.05) is 62.2 Å². The summed E-state index contributed by atoms with van der Waals surface area (Å²) < 4.78 is 40.4. The minimum Gasteiger partial charge on any atom is -0.356 e. The topological polar surface area (TPSA) is 104 Å². The van der Waals surface area contributed by atoms with Crippen LogP contribution < -0.4 is 14.5 Å². The van der Waals surface area contributed by atoms with E-state index in [2.05, 4.69) is 26.5 Å². The van der Waals surface area contributed by atoms with Gasteiger partial charge in [0.05, 0.1) is 18.0 Å². The lowest BCUT2D eigenvalue weighted by molar-refractivity contribution is 0.459. The van der Waals surface area contributed by atoms with Gasteiger partial charge in [0.25, 0.3) is 0 Å². The van der Waals surface area contributed by atoms with Gasteiger partial charge in [-0.2, -0.15) is 0 Å². The Kier molecular flexibility index (Phi) is 6.37. The molecule has 0 saturated carbocycles. The number of sulfonamides is 1. The lowest BCUT2D eigenvalue weighted by Crippen LogP contribution is -2.44. The molecule has 0 radical (unpaired) electrons. The van der Waals surface area contributed by atoms with Gasteiger partial charge in [-0.3, -0.25) is 4.98 Å². The van der Waals surface area contributed by atoms with Gasteiger partial charge in [-0.1, -0.05) is 6.07 Å². The Balaban J connectivity index is 1.34. The lowest BCUT2D eigenvalue weighted by atomic mass is 9.99. The predicted molar refractivity (Wildman–Crippen MR) is 132 cm³/mol. The fraction of sp³-hybridized carbons (Fsp3) is 0.417. The fourth-order valence-corrected chi connectivity index (χ4v) is 5.64. The van der Waals surface area contributed by atoms with Gasteiger partial charge in [-0.05, 0) is 31.9 Å². The molecule has 3 aromatic heterocycles. The molecule has 0 amide bonds. The summed E-state index contributed by atoms with van der Waals surface area (Å²) in [6.45, 7) is 3.91. The van der Waals surface area contributed by atoms with E-state index in [4.69, 9.17) is 9.97 Å². The Morgan fingerprint density at radius 1 is 1.06 bits per heavy atom. The highest BCUT2D eigenvalue weighted by atomic mass is 32.2. The van der Waals surface area contributed by atoms with Crippen molar-refractivity contribution in [2.75, 3.05) is 35.7 Å². The van der Waals surface area contributed by atoms with E-state index in [0.29, 0.717) is 56.4 Å². The molecule has 2 aliphatic rings. The molecule has 0 bridgehead atoms. The van der Waals surface area contributed by atoms with Gasteiger partial charge in [-0.25, -0.2) is 32.5 Å². The van der Waals surface area contributed by atoms with Crippen LogP contribution in [0, 0.1) is 5.82 Å². The van der Waals surface area contributed by atoms with E-state index in [1.54, 1.807) is 6.20 Å². The van der Waals surface area contributed by atoms with Crippen LogP contribution in [-0.2, 0) is 16.4 Å². The molecule has 3 aromatic rings. The molecule has 1 fully saturated rings. The smallest absolute Gasteiger partial charge is 0.208 e. The van der Waals surface area contributed by atoms with Crippen molar-refractivity contribution in [1.82, 2.24) is 24.7 Å². The second-order valence-corrected chi connectivity index (χ2v) is 10.9. The number of rotatable bonds is 5. The average Bonchev–Trinajstić information content (AvgIpc) is 2.84. The van der Waals surface area contributed by atoms with E-state index < -0.39 is 10.0 Å². The zero-order valence-corrected chi connectivity index (χ0v) is 20.5. The second-order valence-electron chi connectivity index (χ2n) is 9.08. The minimum atomic E-state index is -3.25. The molecule has 2 aliphatic heterocycles. The maximum Gasteiger partial charge on any atom is 0.208 e. The van der Waals surface area contributed by atoms with Gasteiger partial charge in [0.15, 0.2) is 5.82 Å². The van der Waals surface area contributed by atoms with E-state index in [0.717, 1.165) is 17.0 Å². The largest absolute Gasteiger partial charge is 0.356 e. The van der Waals surface area contributed by atoms with Gasteiger partial charge in [0.1, 0.15) is 23.1 Å². The lowest BCUT2D eigenvalue weighted by Gasteiger charge is -2.37. The fourth-order valence-electron chi connectivity index (χ4n) is 4.80. The molecular formula is C24H28FN7O2S. The summed E-state index contributed by atoms with van der Waals surface area (Å²) in [5, 5.41) is 0. The number of anilines is 2. The summed E-state index contributed by atoms with van der Waals surface area (Å²) in [4.78, 5) is 22.5. The summed E-state index contributed by atoms with van der Waals surface area (Å²) in [7, 11) is -3.25. The van der Waals surface area contributed by atoms with Crippen LogP contribution in [0.2, 0.25) is 0 Å². The Morgan fingerprint density at radius 3 is 2.54 bits per heavy atom. The first-order chi connectivity index (χ1) is 16.8. The van der Waals surface area contributed by atoms with Crippen LogP contribution in [0.3, 0.4) is 0 Å². The Morgan fingerprint density at radius 2 is 1.83 bits per heavy atom. The van der Waals surface area contributed by atoms with Crippen LogP contribution >= 0.6 is 0 Å². The Labute approximate surface area is 204 Å². The molecule has 9 nitrogen and oxygen atoms in total. The summed E-state index contributed by atoms with van der Waals surface area (Å²) in [5.74, 6) is 1.40. The van der Waals surface area contributed by atoms with E-state index in [1.165, 1.54) is 18.4 Å². The molecule has 5 heterocycles. The number of hydrogen-bond donors (Lipinski definition) is 1. The van der Waals surface area contributed by atoms with Crippen molar-refractivity contribution in [1.29, 1.82) is 0 Å². The van der Waals surface area contributed by atoms with Crippen molar-refractivity contribution in [3.8, 4) is 11.5 Å². The van der Waals surface area contributed by atoms with Crippen molar-refractivity contribution < 1.29 is 12.8 Å². The van der Waals surface area contributed by atoms with Crippen molar-refractivity contribution in [3.63, 3.8) is 0 Å². The predicted octanol–water partition coefficient (Wildman–Crippen LogP) is 2.71. The Bertz CT molecular complexity index is 1310. The molecule has 1 saturated heterocycles. The zero-order valence-electron chi connectivity index (χ0n) is 19.7.